The third-order valence-electron chi connectivity index (χ3n) is 5.54. The van der Waals surface area contributed by atoms with Crippen molar-refractivity contribution in [3.63, 3.8) is 0 Å². The Balaban J connectivity index is 2.38. The summed E-state index contributed by atoms with van der Waals surface area (Å²) in [5.41, 5.74) is -0.408. The van der Waals surface area contributed by atoms with Crippen LogP contribution in [-0.2, 0) is 0 Å². The molecule has 5 unspecified atom stereocenters. The highest BCUT2D eigenvalue weighted by Gasteiger charge is 2.58. The number of fused-ring (bicyclic) bond motifs is 1. The van der Waals surface area contributed by atoms with E-state index in [9.17, 15) is 15.3 Å². The first kappa shape index (κ1) is 14.0. The Labute approximate surface area is 110 Å². The van der Waals surface area contributed by atoms with E-state index in [-0.39, 0.29) is 17.3 Å². The van der Waals surface area contributed by atoms with E-state index in [0.717, 1.165) is 24.8 Å². The molecule has 0 aromatic carbocycles. The Morgan fingerprint density at radius 1 is 1.28 bits per heavy atom. The fraction of sp³-hybridized carbons (Fsp3) is 0.867. The van der Waals surface area contributed by atoms with Crippen molar-refractivity contribution in [1.29, 1.82) is 0 Å². The van der Waals surface area contributed by atoms with Gasteiger partial charge in [0.1, 0.15) is 0 Å². The Hall–Kier alpha value is -0.380. The van der Waals surface area contributed by atoms with Crippen LogP contribution in [0.3, 0.4) is 0 Å². The van der Waals surface area contributed by atoms with Crippen LogP contribution in [0, 0.1) is 17.3 Å². The summed E-state index contributed by atoms with van der Waals surface area (Å²) < 4.78 is 0. The van der Waals surface area contributed by atoms with Crippen LogP contribution in [-0.4, -0.2) is 33.1 Å². The zero-order valence-corrected chi connectivity index (χ0v) is 11.7. The van der Waals surface area contributed by atoms with E-state index < -0.39 is 17.8 Å². The van der Waals surface area contributed by atoms with Crippen LogP contribution in [0.2, 0.25) is 0 Å². The molecule has 2 aliphatic rings. The van der Waals surface area contributed by atoms with E-state index in [2.05, 4.69) is 6.58 Å². The Morgan fingerprint density at radius 2 is 1.89 bits per heavy atom. The number of aliphatic hydroxyl groups is 3. The highest BCUT2D eigenvalue weighted by molar-refractivity contribution is 5.20. The van der Waals surface area contributed by atoms with Crippen LogP contribution in [0.1, 0.15) is 46.5 Å². The maximum Gasteiger partial charge on any atom is 0.0934 e. The molecule has 2 fully saturated rings. The second-order valence-electron chi connectivity index (χ2n) is 6.79. The molecule has 2 rings (SSSR count). The summed E-state index contributed by atoms with van der Waals surface area (Å²) in [5.74, 6) is -0.189. The highest BCUT2D eigenvalue weighted by atomic mass is 16.3. The third-order valence-corrected chi connectivity index (χ3v) is 5.54. The predicted octanol–water partition coefficient (Wildman–Crippen LogP) is 1.86. The van der Waals surface area contributed by atoms with E-state index in [1.807, 2.05) is 20.8 Å². The summed E-state index contributed by atoms with van der Waals surface area (Å²) in [4.78, 5) is 0. The molecule has 3 nitrogen and oxygen atoms in total. The molecule has 0 saturated heterocycles. The summed E-state index contributed by atoms with van der Waals surface area (Å²) in [7, 11) is 0. The van der Waals surface area contributed by atoms with Gasteiger partial charge in [0, 0.05) is 11.3 Å². The van der Waals surface area contributed by atoms with Crippen LogP contribution in [0.4, 0.5) is 0 Å². The summed E-state index contributed by atoms with van der Waals surface area (Å²) in [5, 5.41) is 31.6. The van der Waals surface area contributed by atoms with E-state index >= 15 is 0 Å². The normalized spacial score (nSPS) is 49.3. The van der Waals surface area contributed by atoms with Crippen LogP contribution in [0.15, 0.2) is 12.2 Å². The monoisotopic (exact) mass is 254 g/mol. The van der Waals surface area contributed by atoms with Gasteiger partial charge in [-0.3, -0.25) is 0 Å². The third kappa shape index (κ3) is 1.75. The first-order valence-electron chi connectivity index (χ1n) is 6.99. The van der Waals surface area contributed by atoms with Gasteiger partial charge >= 0.3 is 0 Å². The lowest BCUT2D eigenvalue weighted by Gasteiger charge is -2.57. The van der Waals surface area contributed by atoms with Crippen molar-refractivity contribution in [3.05, 3.63) is 12.2 Å². The maximum atomic E-state index is 10.7. The summed E-state index contributed by atoms with van der Waals surface area (Å²) >= 11 is 0. The fourth-order valence-corrected chi connectivity index (χ4v) is 3.92. The topological polar surface area (TPSA) is 60.7 Å². The van der Waals surface area contributed by atoms with Crippen molar-refractivity contribution in [3.8, 4) is 0 Å². The highest BCUT2D eigenvalue weighted by Crippen LogP contribution is 2.55. The van der Waals surface area contributed by atoms with Crippen molar-refractivity contribution in [2.24, 2.45) is 17.3 Å². The smallest absolute Gasteiger partial charge is 0.0934 e. The van der Waals surface area contributed by atoms with Crippen molar-refractivity contribution in [2.75, 3.05) is 0 Å². The Bertz CT molecular complexity index is 352. The Kier molecular flexibility index (Phi) is 3.37. The second kappa shape index (κ2) is 4.32. The molecule has 0 aromatic rings. The van der Waals surface area contributed by atoms with Gasteiger partial charge in [0.15, 0.2) is 0 Å². The first-order chi connectivity index (χ1) is 8.23. The van der Waals surface area contributed by atoms with Crippen molar-refractivity contribution < 1.29 is 15.3 Å². The molecule has 0 aromatic heterocycles. The number of rotatable bonds is 1. The van der Waals surface area contributed by atoms with Gasteiger partial charge in [0.2, 0.25) is 0 Å². The predicted molar refractivity (Wildman–Crippen MR) is 71.0 cm³/mol. The summed E-state index contributed by atoms with van der Waals surface area (Å²) in [6.07, 6.45) is 1.52. The quantitative estimate of drug-likeness (QED) is 0.626. The van der Waals surface area contributed by atoms with Crippen molar-refractivity contribution in [1.82, 2.24) is 0 Å². The minimum Gasteiger partial charge on any atom is -0.393 e. The molecule has 0 bridgehead atoms. The van der Waals surface area contributed by atoms with Crippen LogP contribution < -0.4 is 0 Å². The molecule has 3 heteroatoms. The van der Waals surface area contributed by atoms with Gasteiger partial charge in [-0.05, 0) is 31.6 Å². The second-order valence-corrected chi connectivity index (χ2v) is 6.79. The zero-order chi connectivity index (χ0) is 13.7. The minimum absolute atomic E-state index is 0.00363. The van der Waals surface area contributed by atoms with E-state index in [1.165, 1.54) is 0 Å². The van der Waals surface area contributed by atoms with E-state index in [1.54, 1.807) is 0 Å². The number of hydrogen-bond acceptors (Lipinski definition) is 3. The minimum atomic E-state index is -1.05. The number of aliphatic hydroxyl groups excluding tert-OH is 2. The molecule has 104 valence electrons. The lowest BCUT2D eigenvalue weighted by Crippen LogP contribution is -2.62. The van der Waals surface area contributed by atoms with E-state index in [4.69, 9.17) is 0 Å². The van der Waals surface area contributed by atoms with Crippen LogP contribution >= 0.6 is 0 Å². The molecule has 0 heterocycles. The van der Waals surface area contributed by atoms with Gasteiger partial charge in [-0.2, -0.15) is 0 Å². The molecule has 2 aliphatic carbocycles. The molecule has 18 heavy (non-hydrogen) atoms. The van der Waals surface area contributed by atoms with Gasteiger partial charge in [0.05, 0.1) is 17.8 Å². The van der Waals surface area contributed by atoms with Crippen LogP contribution in [0.5, 0.6) is 0 Å². The molecule has 3 N–H and O–H groups in total. The Morgan fingerprint density at radius 3 is 2.44 bits per heavy atom. The lowest BCUT2D eigenvalue weighted by atomic mass is 9.52. The van der Waals surface area contributed by atoms with Gasteiger partial charge in [0.25, 0.3) is 0 Å². The van der Waals surface area contributed by atoms with Crippen molar-refractivity contribution >= 4 is 0 Å². The molecule has 0 aliphatic heterocycles. The van der Waals surface area contributed by atoms with Gasteiger partial charge in [-0.25, -0.2) is 0 Å². The maximum absolute atomic E-state index is 10.7. The SMILES string of the molecule is C=C1CCC(O)C2(C)CCC(O)(C(C)C)C(O)C12. The molecule has 0 spiro atoms. The molecule has 2 saturated carbocycles. The average Bonchev–Trinajstić information content (AvgIpc) is 2.30. The zero-order valence-electron chi connectivity index (χ0n) is 11.7. The van der Waals surface area contributed by atoms with E-state index in [0.29, 0.717) is 6.42 Å². The van der Waals surface area contributed by atoms with Gasteiger partial charge in [-0.15, -0.1) is 0 Å². The average molecular weight is 254 g/mol. The number of hydrogen-bond donors (Lipinski definition) is 3. The van der Waals surface area contributed by atoms with Gasteiger partial charge in [-0.1, -0.05) is 32.9 Å². The standard InChI is InChI=1S/C15H26O3/c1-9(2)15(18)8-7-14(4)11(16)6-5-10(3)12(14)13(15)17/h9,11-13,16-18H,3,5-8H2,1-2,4H3. The van der Waals surface area contributed by atoms with Crippen LogP contribution in [0.25, 0.3) is 0 Å². The molecular formula is C15H26O3. The molecule has 0 radical (unpaired) electrons. The van der Waals surface area contributed by atoms with Crippen molar-refractivity contribution in [2.45, 2.75) is 64.3 Å². The summed E-state index contributed by atoms with van der Waals surface area (Å²) in [6, 6.07) is 0. The molecule has 5 atom stereocenters. The summed E-state index contributed by atoms with van der Waals surface area (Å²) in [6.45, 7) is 9.97. The largest absolute Gasteiger partial charge is 0.393 e. The molecular weight excluding hydrogens is 228 g/mol. The fourth-order valence-electron chi connectivity index (χ4n) is 3.92. The first-order valence-corrected chi connectivity index (χ1v) is 6.99. The molecule has 0 amide bonds. The van der Waals surface area contributed by atoms with Gasteiger partial charge < -0.3 is 15.3 Å². The lowest BCUT2D eigenvalue weighted by molar-refractivity contribution is -0.200.